The molecule has 1 aliphatic rings. The van der Waals surface area contributed by atoms with Crippen LogP contribution in [0.3, 0.4) is 0 Å². The molecule has 0 aromatic heterocycles. The lowest BCUT2D eigenvalue weighted by atomic mass is 9.95. The number of hydrogen-bond acceptors (Lipinski definition) is 2. The topological polar surface area (TPSA) is 32.3 Å². The molecule has 1 amide bonds. The molecule has 2 aromatic rings. The number of halogens is 2. The Balaban J connectivity index is 1.44. The summed E-state index contributed by atoms with van der Waals surface area (Å²) in [7, 11) is 0. The molecule has 0 saturated carbocycles. The summed E-state index contributed by atoms with van der Waals surface area (Å²) < 4.78 is 26.6. The molecule has 3 nitrogen and oxygen atoms in total. The Hall–Kier alpha value is -2.27. The monoisotopic (exact) mass is 344 g/mol. The van der Waals surface area contributed by atoms with Gasteiger partial charge in [0, 0.05) is 24.6 Å². The standard InChI is InChI=1S/C20H22F2N2O/c21-18-7-5-15(6-8-18)13-23-20(25)16-9-11-24(12-10-16)14-17-3-1-2-4-19(17)22/h1-8,16H,9-14H2,(H,23,25). The first-order valence-corrected chi connectivity index (χ1v) is 8.60. The smallest absolute Gasteiger partial charge is 0.223 e. The summed E-state index contributed by atoms with van der Waals surface area (Å²) in [4.78, 5) is 14.5. The molecule has 0 spiro atoms. The molecule has 0 radical (unpaired) electrons. The average molecular weight is 344 g/mol. The number of nitrogens with zero attached hydrogens (tertiary/aromatic N) is 1. The fourth-order valence-electron chi connectivity index (χ4n) is 3.16. The van der Waals surface area contributed by atoms with Gasteiger partial charge in [0.15, 0.2) is 0 Å². The van der Waals surface area contributed by atoms with Gasteiger partial charge < -0.3 is 5.32 Å². The van der Waals surface area contributed by atoms with Gasteiger partial charge in [0.05, 0.1) is 0 Å². The summed E-state index contributed by atoms with van der Waals surface area (Å²) in [6.45, 7) is 2.55. The van der Waals surface area contributed by atoms with Crippen LogP contribution in [0.25, 0.3) is 0 Å². The predicted molar refractivity (Wildman–Crippen MR) is 92.6 cm³/mol. The van der Waals surface area contributed by atoms with Crippen molar-refractivity contribution in [1.82, 2.24) is 10.2 Å². The Labute approximate surface area is 146 Å². The van der Waals surface area contributed by atoms with E-state index in [1.807, 2.05) is 6.07 Å². The maximum Gasteiger partial charge on any atom is 0.223 e. The Morgan fingerprint density at radius 2 is 1.72 bits per heavy atom. The van der Waals surface area contributed by atoms with E-state index in [1.165, 1.54) is 18.2 Å². The van der Waals surface area contributed by atoms with Crippen LogP contribution in [-0.2, 0) is 17.9 Å². The lowest BCUT2D eigenvalue weighted by Crippen LogP contribution is -2.40. The lowest BCUT2D eigenvalue weighted by molar-refractivity contribution is -0.126. The fraction of sp³-hybridized carbons (Fsp3) is 0.350. The molecular weight excluding hydrogens is 322 g/mol. The molecule has 25 heavy (non-hydrogen) atoms. The van der Waals surface area contributed by atoms with E-state index in [4.69, 9.17) is 0 Å². The highest BCUT2D eigenvalue weighted by molar-refractivity contribution is 5.78. The minimum atomic E-state index is -0.280. The van der Waals surface area contributed by atoms with E-state index in [2.05, 4.69) is 10.2 Å². The number of hydrogen-bond donors (Lipinski definition) is 1. The molecule has 1 saturated heterocycles. The molecule has 1 heterocycles. The number of amides is 1. The van der Waals surface area contributed by atoms with Crippen LogP contribution in [0.15, 0.2) is 48.5 Å². The third-order valence-electron chi connectivity index (χ3n) is 4.69. The van der Waals surface area contributed by atoms with E-state index in [0.717, 1.165) is 31.5 Å². The molecule has 1 fully saturated rings. The number of carbonyl (C=O) groups excluding carboxylic acids is 1. The fourth-order valence-corrected chi connectivity index (χ4v) is 3.16. The average Bonchev–Trinajstić information content (AvgIpc) is 2.63. The number of nitrogens with one attached hydrogen (secondary N) is 1. The van der Waals surface area contributed by atoms with E-state index < -0.39 is 0 Å². The Morgan fingerprint density at radius 1 is 1.04 bits per heavy atom. The molecule has 1 aliphatic heterocycles. The van der Waals surface area contributed by atoms with Crippen molar-refractivity contribution >= 4 is 5.91 Å². The first-order valence-electron chi connectivity index (χ1n) is 8.60. The SMILES string of the molecule is O=C(NCc1ccc(F)cc1)C1CCN(Cc2ccccc2F)CC1. The van der Waals surface area contributed by atoms with Crippen molar-refractivity contribution in [2.45, 2.75) is 25.9 Å². The van der Waals surface area contributed by atoms with Crippen LogP contribution in [0.1, 0.15) is 24.0 Å². The molecule has 2 aromatic carbocycles. The second-order valence-corrected chi connectivity index (χ2v) is 6.49. The summed E-state index contributed by atoms with van der Waals surface area (Å²) in [5.41, 5.74) is 1.58. The largest absolute Gasteiger partial charge is 0.352 e. The molecule has 3 rings (SSSR count). The first-order chi connectivity index (χ1) is 12.1. The summed E-state index contributed by atoms with van der Waals surface area (Å²) in [6, 6.07) is 12.9. The Morgan fingerprint density at radius 3 is 2.40 bits per heavy atom. The van der Waals surface area contributed by atoms with Crippen molar-refractivity contribution in [3.05, 3.63) is 71.3 Å². The van der Waals surface area contributed by atoms with Crippen molar-refractivity contribution in [1.29, 1.82) is 0 Å². The summed E-state index contributed by atoms with van der Waals surface area (Å²) in [5, 5.41) is 2.92. The van der Waals surface area contributed by atoms with Gasteiger partial charge in [0.2, 0.25) is 5.91 Å². The maximum atomic E-state index is 13.7. The quantitative estimate of drug-likeness (QED) is 0.900. The zero-order valence-electron chi connectivity index (χ0n) is 14.1. The second kappa shape index (κ2) is 8.21. The van der Waals surface area contributed by atoms with Gasteiger partial charge in [-0.25, -0.2) is 8.78 Å². The zero-order chi connectivity index (χ0) is 17.6. The van der Waals surface area contributed by atoms with Gasteiger partial charge in [-0.3, -0.25) is 9.69 Å². The third-order valence-corrected chi connectivity index (χ3v) is 4.69. The molecule has 0 unspecified atom stereocenters. The van der Waals surface area contributed by atoms with Crippen LogP contribution in [0.2, 0.25) is 0 Å². The van der Waals surface area contributed by atoms with Crippen LogP contribution < -0.4 is 5.32 Å². The van der Waals surface area contributed by atoms with Crippen molar-refractivity contribution in [3.8, 4) is 0 Å². The summed E-state index contributed by atoms with van der Waals surface area (Å²) in [6.07, 6.45) is 1.54. The van der Waals surface area contributed by atoms with Gasteiger partial charge in [0.1, 0.15) is 11.6 Å². The van der Waals surface area contributed by atoms with Gasteiger partial charge in [-0.15, -0.1) is 0 Å². The first kappa shape index (κ1) is 17.5. The predicted octanol–water partition coefficient (Wildman–Crippen LogP) is 3.49. The Bertz CT molecular complexity index is 710. The highest BCUT2D eigenvalue weighted by Crippen LogP contribution is 2.20. The van der Waals surface area contributed by atoms with Crippen LogP contribution in [0, 0.1) is 17.6 Å². The van der Waals surface area contributed by atoms with Crippen LogP contribution in [0.5, 0.6) is 0 Å². The van der Waals surface area contributed by atoms with E-state index >= 15 is 0 Å². The molecule has 5 heteroatoms. The molecule has 0 bridgehead atoms. The maximum absolute atomic E-state index is 13.7. The highest BCUT2D eigenvalue weighted by atomic mass is 19.1. The lowest BCUT2D eigenvalue weighted by Gasteiger charge is -2.31. The molecule has 132 valence electrons. The van der Waals surface area contributed by atoms with Gasteiger partial charge >= 0.3 is 0 Å². The molecule has 0 aliphatic carbocycles. The molecular formula is C20H22F2N2O. The minimum Gasteiger partial charge on any atom is -0.352 e. The van der Waals surface area contributed by atoms with E-state index in [-0.39, 0.29) is 23.5 Å². The minimum absolute atomic E-state index is 0.0164. The van der Waals surface area contributed by atoms with Crippen molar-refractivity contribution in [2.75, 3.05) is 13.1 Å². The third kappa shape index (κ3) is 4.86. The van der Waals surface area contributed by atoms with Crippen LogP contribution >= 0.6 is 0 Å². The number of likely N-dealkylation sites (tertiary alicyclic amines) is 1. The van der Waals surface area contributed by atoms with Gasteiger partial charge in [0.25, 0.3) is 0 Å². The second-order valence-electron chi connectivity index (χ2n) is 6.49. The zero-order valence-corrected chi connectivity index (χ0v) is 14.1. The Kier molecular flexibility index (Phi) is 5.76. The van der Waals surface area contributed by atoms with E-state index in [0.29, 0.717) is 18.7 Å². The summed E-state index contributed by atoms with van der Waals surface area (Å²) >= 11 is 0. The highest BCUT2D eigenvalue weighted by Gasteiger charge is 2.25. The number of rotatable bonds is 5. The van der Waals surface area contributed by atoms with Crippen LogP contribution in [0.4, 0.5) is 8.78 Å². The number of benzene rings is 2. The van der Waals surface area contributed by atoms with Crippen molar-refractivity contribution in [3.63, 3.8) is 0 Å². The van der Waals surface area contributed by atoms with Gasteiger partial charge in [-0.1, -0.05) is 30.3 Å². The van der Waals surface area contributed by atoms with E-state index in [1.54, 1.807) is 24.3 Å². The number of carbonyl (C=O) groups is 1. The van der Waals surface area contributed by atoms with Crippen molar-refractivity contribution in [2.24, 2.45) is 5.92 Å². The molecule has 1 N–H and O–H groups in total. The van der Waals surface area contributed by atoms with Gasteiger partial charge in [-0.05, 0) is 49.7 Å². The number of piperidine rings is 1. The van der Waals surface area contributed by atoms with Gasteiger partial charge in [-0.2, -0.15) is 0 Å². The van der Waals surface area contributed by atoms with E-state index in [9.17, 15) is 13.6 Å². The van der Waals surface area contributed by atoms with Crippen molar-refractivity contribution < 1.29 is 13.6 Å². The normalized spacial score (nSPS) is 15.9. The van der Waals surface area contributed by atoms with Crippen LogP contribution in [-0.4, -0.2) is 23.9 Å². The summed E-state index contributed by atoms with van der Waals surface area (Å²) in [5.74, 6) is -0.439. The molecule has 0 atom stereocenters.